The Morgan fingerprint density at radius 3 is 2.60 bits per heavy atom. The SMILES string of the molecule is CCCN([SiH3])C(=O)OCC. The first-order chi connectivity index (χ1) is 4.72. The van der Waals surface area contributed by atoms with Crippen molar-refractivity contribution in [2.24, 2.45) is 0 Å². The van der Waals surface area contributed by atoms with Crippen LogP contribution in [-0.2, 0) is 4.74 Å². The molecule has 0 spiro atoms. The van der Waals surface area contributed by atoms with Gasteiger partial charge in [0, 0.05) is 6.54 Å². The van der Waals surface area contributed by atoms with Gasteiger partial charge in [0.15, 0.2) is 0 Å². The Morgan fingerprint density at radius 1 is 1.60 bits per heavy atom. The number of amides is 1. The van der Waals surface area contributed by atoms with Gasteiger partial charge in [0.25, 0.3) is 0 Å². The van der Waals surface area contributed by atoms with Gasteiger partial charge in [-0.2, -0.15) is 0 Å². The molecule has 3 nitrogen and oxygen atoms in total. The van der Waals surface area contributed by atoms with Gasteiger partial charge in [0.1, 0.15) is 10.4 Å². The number of ether oxygens (including phenoxy) is 1. The molecule has 0 saturated heterocycles. The molecule has 0 aliphatic heterocycles. The quantitative estimate of drug-likeness (QED) is 0.551. The molecule has 0 heterocycles. The van der Waals surface area contributed by atoms with Crippen LogP contribution in [0.1, 0.15) is 20.3 Å². The summed E-state index contributed by atoms with van der Waals surface area (Å²) in [6.45, 7) is 5.16. The standard InChI is InChI=1S/C6H15NO2Si/c1-3-5-7(10)6(8)9-4-2/h3-5H2,1-2,10H3. The molecule has 0 saturated carbocycles. The number of nitrogens with zero attached hydrogens (tertiary/aromatic N) is 1. The Morgan fingerprint density at radius 2 is 2.20 bits per heavy atom. The molecule has 0 radical (unpaired) electrons. The third-order valence-electron chi connectivity index (χ3n) is 1.14. The summed E-state index contributed by atoms with van der Waals surface area (Å²) < 4.78 is 6.49. The Hall–Kier alpha value is -0.513. The second-order valence-corrected chi connectivity index (χ2v) is 3.20. The molecule has 0 rings (SSSR count). The maximum absolute atomic E-state index is 10.9. The summed E-state index contributed by atoms with van der Waals surface area (Å²) in [5.74, 6) is 0. The Kier molecular flexibility index (Phi) is 5.01. The van der Waals surface area contributed by atoms with Crippen LogP contribution in [0, 0.1) is 0 Å². The highest BCUT2D eigenvalue weighted by Gasteiger charge is 2.05. The normalized spacial score (nSPS) is 9.40. The fraction of sp³-hybridized carbons (Fsp3) is 0.833. The molecule has 4 heteroatoms. The van der Waals surface area contributed by atoms with E-state index in [4.69, 9.17) is 4.74 Å². The average Bonchev–Trinajstić information content (AvgIpc) is 1.89. The summed E-state index contributed by atoms with van der Waals surface area (Å²) in [6.07, 6.45) is 0.832. The Bertz CT molecular complexity index is 108. The fourth-order valence-corrected chi connectivity index (χ4v) is 1.24. The lowest BCUT2D eigenvalue weighted by Gasteiger charge is -2.15. The summed E-state index contributed by atoms with van der Waals surface area (Å²) in [5.41, 5.74) is 0. The first kappa shape index (κ1) is 9.49. The molecule has 0 aliphatic rings. The van der Waals surface area contributed by atoms with Crippen LogP contribution >= 0.6 is 0 Å². The van der Waals surface area contributed by atoms with Crippen LogP contribution < -0.4 is 0 Å². The van der Waals surface area contributed by atoms with Crippen molar-refractivity contribution in [1.82, 2.24) is 4.57 Å². The second-order valence-electron chi connectivity index (χ2n) is 2.12. The summed E-state index contributed by atoms with van der Waals surface area (Å²) in [6, 6.07) is 0. The van der Waals surface area contributed by atoms with Gasteiger partial charge >= 0.3 is 6.09 Å². The monoisotopic (exact) mass is 161 g/mol. The van der Waals surface area contributed by atoms with Crippen molar-refractivity contribution < 1.29 is 9.53 Å². The van der Waals surface area contributed by atoms with Gasteiger partial charge in [-0.05, 0) is 13.3 Å². The minimum atomic E-state index is -0.170. The smallest absolute Gasteiger partial charge is 0.400 e. The van der Waals surface area contributed by atoms with E-state index in [9.17, 15) is 4.79 Å². The van der Waals surface area contributed by atoms with E-state index in [1.807, 2.05) is 13.8 Å². The number of hydrogen-bond acceptors (Lipinski definition) is 2. The molecule has 0 bridgehead atoms. The average molecular weight is 161 g/mol. The number of carbonyl (C=O) groups is 1. The van der Waals surface area contributed by atoms with E-state index in [1.54, 1.807) is 4.57 Å². The number of hydrogen-bond donors (Lipinski definition) is 0. The highest BCUT2D eigenvalue weighted by molar-refractivity contribution is 6.12. The zero-order valence-corrected chi connectivity index (χ0v) is 8.89. The Balaban J connectivity index is 3.49. The predicted molar refractivity (Wildman–Crippen MR) is 44.0 cm³/mol. The summed E-state index contributed by atoms with van der Waals surface area (Å²) in [4.78, 5) is 10.9. The van der Waals surface area contributed by atoms with Crippen LogP contribution in [0.15, 0.2) is 0 Å². The van der Waals surface area contributed by atoms with Crippen molar-refractivity contribution in [3.8, 4) is 0 Å². The van der Waals surface area contributed by atoms with Crippen LogP contribution in [-0.4, -0.2) is 34.2 Å². The van der Waals surface area contributed by atoms with Crippen LogP contribution in [0.5, 0.6) is 0 Å². The van der Waals surface area contributed by atoms with Crippen molar-refractivity contribution in [2.45, 2.75) is 20.3 Å². The van der Waals surface area contributed by atoms with E-state index in [0.29, 0.717) is 6.61 Å². The van der Waals surface area contributed by atoms with Crippen molar-refractivity contribution in [3.05, 3.63) is 0 Å². The highest BCUT2D eigenvalue weighted by atomic mass is 28.2. The van der Waals surface area contributed by atoms with Crippen LogP contribution in [0.4, 0.5) is 4.79 Å². The molecule has 0 aromatic carbocycles. The predicted octanol–water partition coefficient (Wildman–Crippen LogP) is 0.135. The van der Waals surface area contributed by atoms with Crippen molar-refractivity contribution in [2.75, 3.05) is 13.2 Å². The molecule has 0 atom stereocenters. The van der Waals surface area contributed by atoms with E-state index in [-0.39, 0.29) is 6.09 Å². The van der Waals surface area contributed by atoms with Gasteiger partial charge in [0.05, 0.1) is 6.61 Å². The first-order valence-electron chi connectivity index (χ1n) is 3.60. The molecular weight excluding hydrogens is 146 g/mol. The molecule has 0 N–H and O–H groups in total. The van der Waals surface area contributed by atoms with Gasteiger partial charge in [-0.25, -0.2) is 4.79 Å². The van der Waals surface area contributed by atoms with E-state index < -0.39 is 0 Å². The van der Waals surface area contributed by atoms with E-state index in [1.165, 1.54) is 0 Å². The molecule has 0 aromatic rings. The summed E-state index contributed by atoms with van der Waals surface area (Å²) in [5, 5.41) is 0. The molecule has 0 fully saturated rings. The lowest BCUT2D eigenvalue weighted by Crippen LogP contribution is -2.29. The maximum Gasteiger partial charge on any atom is 0.400 e. The second kappa shape index (κ2) is 5.29. The van der Waals surface area contributed by atoms with Gasteiger partial charge in [-0.3, -0.25) is 0 Å². The van der Waals surface area contributed by atoms with Crippen LogP contribution in [0.3, 0.4) is 0 Å². The van der Waals surface area contributed by atoms with Crippen LogP contribution in [0.2, 0.25) is 0 Å². The minimum absolute atomic E-state index is 0.170. The van der Waals surface area contributed by atoms with E-state index in [0.717, 1.165) is 23.4 Å². The van der Waals surface area contributed by atoms with Gasteiger partial charge in [0.2, 0.25) is 0 Å². The molecular formula is C6H15NO2Si. The lowest BCUT2D eigenvalue weighted by atomic mass is 10.5. The topological polar surface area (TPSA) is 29.5 Å². The van der Waals surface area contributed by atoms with Gasteiger partial charge < -0.3 is 9.30 Å². The Labute approximate surface area is 64.8 Å². The first-order valence-corrected chi connectivity index (χ1v) is 4.49. The molecule has 0 unspecified atom stereocenters. The molecule has 10 heavy (non-hydrogen) atoms. The van der Waals surface area contributed by atoms with E-state index in [2.05, 4.69) is 0 Å². The molecule has 1 amide bonds. The largest absolute Gasteiger partial charge is 0.450 e. The van der Waals surface area contributed by atoms with Gasteiger partial charge in [-0.15, -0.1) is 0 Å². The maximum atomic E-state index is 10.9. The minimum Gasteiger partial charge on any atom is -0.450 e. The van der Waals surface area contributed by atoms with E-state index >= 15 is 0 Å². The van der Waals surface area contributed by atoms with Crippen molar-refractivity contribution >= 4 is 16.5 Å². The summed E-state index contributed by atoms with van der Waals surface area (Å²) >= 11 is 0. The van der Waals surface area contributed by atoms with Crippen molar-refractivity contribution in [1.29, 1.82) is 0 Å². The van der Waals surface area contributed by atoms with Crippen LogP contribution in [0.25, 0.3) is 0 Å². The zero-order valence-electron chi connectivity index (χ0n) is 6.89. The van der Waals surface area contributed by atoms with Gasteiger partial charge in [-0.1, -0.05) is 6.92 Å². The molecule has 0 aromatic heterocycles. The number of rotatable bonds is 3. The lowest BCUT2D eigenvalue weighted by molar-refractivity contribution is 0.131. The zero-order chi connectivity index (χ0) is 7.98. The molecule has 0 aliphatic carbocycles. The van der Waals surface area contributed by atoms with Crippen molar-refractivity contribution in [3.63, 3.8) is 0 Å². The fourth-order valence-electron chi connectivity index (χ4n) is 0.660. The highest BCUT2D eigenvalue weighted by Crippen LogP contribution is 1.89. The number of carbonyl (C=O) groups excluding carboxylic acids is 1. The molecule has 60 valence electrons. The summed E-state index contributed by atoms with van der Waals surface area (Å²) in [7, 11) is 0.756. The third-order valence-corrected chi connectivity index (χ3v) is 1.95. The third kappa shape index (κ3) is 3.50.